The molecule has 0 saturated carbocycles. The smallest absolute Gasteiger partial charge is 0.295 e. The molecule has 2 aliphatic heterocycles. The minimum absolute atomic E-state index is 0.0140. The average molecular weight is 369 g/mol. The van der Waals surface area contributed by atoms with Crippen LogP contribution in [0.2, 0.25) is 0 Å². The van der Waals surface area contributed by atoms with Crippen molar-refractivity contribution in [2.24, 2.45) is 0 Å². The van der Waals surface area contributed by atoms with Crippen molar-refractivity contribution in [3.05, 3.63) is 53.5 Å². The van der Waals surface area contributed by atoms with Crippen LogP contribution in [-0.4, -0.2) is 41.5 Å². The molecule has 0 bridgehead atoms. The number of nitrogens with zero attached hydrogens (tertiary/aromatic N) is 1. The Hall–Kier alpha value is -3.22. The SMILES string of the molecule is CCCN1C(=O)C(=O)/C(=C(\O)c2ccc3c(c2)OCCO3)C1c1ccco1. The molecule has 7 nitrogen and oxygen atoms in total. The summed E-state index contributed by atoms with van der Waals surface area (Å²) in [5.74, 6) is -0.129. The molecular formula is C20H19NO6. The first-order valence-electron chi connectivity index (χ1n) is 8.83. The molecule has 0 spiro atoms. The minimum Gasteiger partial charge on any atom is -0.507 e. The van der Waals surface area contributed by atoms with Gasteiger partial charge in [-0.2, -0.15) is 0 Å². The number of fused-ring (bicyclic) bond motifs is 1. The predicted octanol–water partition coefficient (Wildman–Crippen LogP) is 2.88. The van der Waals surface area contributed by atoms with Gasteiger partial charge in [0.1, 0.15) is 30.8 Å². The summed E-state index contributed by atoms with van der Waals surface area (Å²) in [7, 11) is 0. The fraction of sp³-hybridized carbons (Fsp3) is 0.300. The number of carbonyl (C=O) groups is 2. The molecule has 1 aromatic carbocycles. The van der Waals surface area contributed by atoms with Gasteiger partial charge in [-0.15, -0.1) is 0 Å². The van der Waals surface area contributed by atoms with Crippen molar-refractivity contribution in [2.75, 3.05) is 19.8 Å². The Kier molecular flexibility index (Phi) is 4.35. The van der Waals surface area contributed by atoms with E-state index in [1.54, 1.807) is 30.3 Å². The molecule has 1 fully saturated rings. The molecule has 4 rings (SSSR count). The molecule has 1 unspecified atom stereocenters. The summed E-state index contributed by atoms with van der Waals surface area (Å²) in [5, 5.41) is 10.9. The number of Topliss-reactive ketones (excluding diaryl/α,β-unsaturated/α-hetero) is 1. The largest absolute Gasteiger partial charge is 0.507 e. The monoisotopic (exact) mass is 369 g/mol. The highest BCUT2D eigenvalue weighted by atomic mass is 16.6. The molecule has 140 valence electrons. The van der Waals surface area contributed by atoms with Gasteiger partial charge in [0.15, 0.2) is 11.5 Å². The summed E-state index contributed by atoms with van der Waals surface area (Å²) in [6.07, 6.45) is 2.15. The number of hydrogen-bond donors (Lipinski definition) is 1. The molecule has 3 heterocycles. The maximum Gasteiger partial charge on any atom is 0.295 e. The number of rotatable bonds is 4. The molecule has 1 saturated heterocycles. The summed E-state index contributed by atoms with van der Waals surface area (Å²) in [6, 6.07) is 7.54. The third kappa shape index (κ3) is 2.85. The highest BCUT2D eigenvalue weighted by molar-refractivity contribution is 6.46. The Morgan fingerprint density at radius 3 is 2.67 bits per heavy atom. The van der Waals surface area contributed by atoms with Crippen LogP contribution >= 0.6 is 0 Å². The molecule has 2 aliphatic rings. The Bertz CT molecular complexity index is 915. The zero-order valence-electron chi connectivity index (χ0n) is 14.8. The van der Waals surface area contributed by atoms with Crippen molar-refractivity contribution < 1.29 is 28.6 Å². The summed E-state index contributed by atoms with van der Waals surface area (Å²) in [5.41, 5.74) is 0.394. The highest BCUT2D eigenvalue weighted by Crippen LogP contribution is 2.41. The third-order valence-electron chi connectivity index (χ3n) is 4.63. The van der Waals surface area contributed by atoms with Crippen LogP contribution in [0.25, 0.3) is 5.76 Å². The molecule has 0 aliphatic carbocycles. The quantitative estimate of drug-likeness (QED) is 0.506. The number of ketones is 1. The van der Waals surface area contributed by atoms with E-state index in [2.05, 4.69) is 0 Å². The van der Waals surface area contributed by atoms with E-state index in [1.165, 1.54) is 11.2 Å². The van der Waals surface area contributed by atoms with Crippen molar-refractivity contribution in [1.82, 2.24) is 4.90 Å². The average Bonchev–Trinajstić information content (AvgIpc) is 3.30. The van der Waals surface area contributed by atoms with Crippen LogP contribution in [0.15, 0.2) is 46.6 Å². The van der Waals surface area contributed by atoms with Crippen LogP contribution < -0.4 is 9.47 Å². The van der Waals surface area contributed by atoms with Gasteiger partial charge in [0, 0.05) is 12.1 Å². The second kappa shape index (κ2) is 6.83. The van der Waals surface area contributed by atoms with E-state index >= 15 is 0 Å². The van der Waals surface area contributed by atoms with Gasteiger partial charge < -0.3 is 23.9 Å². The lowest BCUT2D eigenvalue weighted by atomic mass is 9.99. The Morgan fingerprint density at radius 2 is 1.96 bits per heavy atom. The summed E-state index contributed by atoms with van der Waals surface area (Å²) in [6.45, 7) is 3.16. The van der Waals surface area contributed by atoms with Gasteiger partial charge in [-0.3, -0.25) is 9.59 Å². The normalized spacial score (nSPS) is 20.9. The zero-order valence-corrected chi connectivity index (χ0v) is 14.8. The van der Waals surface area contributed by atoms with Gasteiger partial charge in [-0.25, -0.2) is 0 Å². The Labute approximate surface area is 155 Å². The van der Waals surface area contributed by atoms with E-state index < -0.39 is 17.7 Å². The van der Waals surface area contributed by atoms with E-state index in [4.69, 9.17) is 13.9 Å². The first-order chi connectivity index (χ1) is 13.1. The van der Waals surface area contributed by atoms with Gasteiger partial charge in [0.2, 0.25) is 0 Å². The van der Waals surface area contributed by atoms with Crippen LogP contribution in [0.3, 0.4) is 0 Å². The number of ether oxygens (including phenoxy) is 2. The number of aliphatic hydroxyl groups is 1. The van der Waals surface area contributed by atoms with Crippen molar-refractivity contribution in [3.63, 3.8) is 0 Å². The Balaban J connectivity index is 1.83. The third-order valence-corrected chi connectivity index (χ3v) is 4.63. The first kappa shape index (κ1) is 17.2. The first-order valence-corrected chi connectivity index (χ1v) is 8.83. The molecule has 1 aromatic heterocycles. The standard InChI is InChI=1S/C20H19NO6/c1-2-7-21-17(14-4-3-8-25-14)16(19(23)20(21)24)18(22)12-5-6-13-15(11-12)27-10-9-26-13/h3-6,8,11,17,22H,2,7,9-10H2,1H3/b18-16-. The Morgan fingerprint density at radius 1 is 1.19 bits per heavy atom. The van der Waals surface area contributed by atoms with Crippen molar-refractivity contribution in [1.29, 1.82) is 0 Å². The molecule has 1 atom stereocenters. The number of hydrogen-bond acceptors (Lipinski definition) is 6. The maximum atomic E-state index is 12.7. The summed E-state index contributed by atoms with van der Waals surface area (Å²) >= 11 is 0. The van der Waals surface area contributed by atoms with Gasteiger partial charge in [-0.05, 0) is 36.8 Å². The lowest BCUT2D eigenvalue weighted by Gasteiger charge is -2.23. The molecule has 0 radical (unpaired) electrons. The van der Waals surface area contributed by atoms with Crippen LogP contribution in [0.1, 0.15) is 30.7 Å². The number of likely N-dealkylation sites (tertiary alicyclic amines) is 1. The molecule has 1 amide bonds. The lowest BCUT2D eigenvalue weighted by Crippen LogP contribution is -2.30. The summed E-state index contributed by atoms with van der Waals surface area (Å²) in [4.78, 5) is 26.7. The van der Waals surface area contributed by atoms with E-state index in [-0.39, 0.29) is 11.3 Å². The van der Waals surface area contributed by atoms with Crippen molar-refractivity contribution in [2.45, 2.75) is 19.4 Å². The maximum absolute atomic E-state index is 12.7. The van der Waals surface area contributed by atoms with Crippen LogP contribution in [0.5, 0.6) is 11.5 Å². The summed E-state index contributed by atoms with van der Waals surface area (Å²) < 4.78 is 16.5. The van der Waals surface area contributed by atoms with Crippen molar-refractivity contribution >= 4 is 17.4 Å². The van der Waals surface area contributed by atoms with Gasteiger partial charge >= 0.3 is 0 Å². The number of aliphatic hydroxyl groups excluding tert-OH is 1. The van der Waals surface area contributed by atoms with Gasteiger partial charge in [-0.1, -0.05) is 6.92 Å². The number of furan rings is 1. The van der Waals surface area contributed by atoms with E-state index in [1.807, 2.05) is 6.92 Å². The molecular weight excluding hydrogens is 350 g/mol. The van der Waals surface area contributed by atoms with Crippen LogP contribution in [0, 0.1) is 0 Å². The second-order valence-electron chi connectivity index (χ2n) is 6.37. The topological polar surface area (TPSA) is 89.2 Å². The van der Waals surface area contributed by atoms with E-state index in [0.717, 1.165) is 0 Å². The lowest BCUT2D eigenvalue weighted by molar-refractivity contribution is -0.140. The van der Waals surface area contributed by atoms with Gasteiger partial charge in [0.25, 0.3) is 11.7 Å². The zero-order chi connectivity index (χ0) is 19.0. The second-order valence-corrected chi connectivity index (χ2v) is 6.37. The number of carbonyl (C=O) groups excluding carboxylic acids is 2. The highest BCUT2D eigenvalue weighted by Gasteiger charge is 2.47. The van der Waals surface area contributed by atoms with Crippen LogP contribution in [0.4, 0.5) is 0 Å². The predicted molar refractivity (Wildman–Crippen MR) is 95.4 cm³/mol. The fourth-order valence-electron chi connectivity index (χ4n) is 3.44. The molecule has 2 aromatic rings. The van der Waals surface area contributed by atoms with E-state index in [0.29, 0.717) is 49.0 Å². The molecule has 1 N–H and O–H groups in total. The fourth-order valence-corrected chi connectivity index (χ4v) is 3.44. The van der Waals surface area contributed by atoms with Gasteiger partial charge in [0.05, 0.1) is 11.8 Å². The molecule has 27 heavy (non-hydrogen) atoms. The van der Waals surface area contributed by atoms with Crippen LogP contribution in [-0.2, 0) is 9.59 Å². The molecule has 7 heteroatoms. The van der Waals surface area contributed by atoms with E-state index in [9.17, 15) is 14.7 Å². The number of benzene rings is 1. The van der Waals surface area contributed by atoms with Crippen molar-refractivity contribution in [3.8, 4) is 11.5 Å². The minimum atomic E-state index is -0.756. The number of amides is 1.